The van der Waals surface area contributed by atoms with Gasteiger partial charge in [-0.3, -0.25) is 4.79 Å². The fourth-order valence-electron chi connectivity index (χ4n) is 1.61. The molecule has 0 aliphatic carbocycles. The minimum atomic E-state index is -0.195. The first-order valence-electron chi connectivity index (χ1n) is 5.99. The van der Waals surface area contributed by atoms with Crippen LogP contribution in [0.5, 0.6) is 0 Å². The number of thioether (sulfide) groups is 1. The number of benzene rings is 1. The second kappa shape index (κ2) is 6.16. The number of carbonyl (C=O) groups excluding carboxylic acids is 1. The van der Waals surface area contributed by atoms with E-state index in [-0.39, 0.29) is 11.0 Å². The number of aromatic nitrogens is 2. The van der Waals surface area contributed by atoms with Gasteiger partial charge in [-0.2, -0.15) is 0 Å². The van der Waals surface area contributed by atoms with Gasteiger partial charge in [0.15, 0.2) is 10.1 Å². The quantitative estimate of drug-likeness (QED) is 0.678. The molecule has 4 nitrogen and oxygen atoms in total. The number of nitrogens with zero attached hydrogens (tertiary/aromatic N) is 2. The van der Waals surface area contributed by atoms with Crippen molar-refractivity contribution in [2.24, 2.45) is 0 Å². The van der Waals surface area contributed by atoms with Crippen LogP contribution in [0.4, 0.5) is 5.13 Å². The van der Waals surface area contributed by atoms with E-state index in [0.29, 0.717) is 5.13 Å². The van der Waals surface area contributed by atoms with Crippen LogP contribution in [-0.4, -0.2) is 21.2 Å². The number of nitrogens with two attached hydrogens (primary N) is 1. The number of ketones is 1. The summed E-state index contributed by atoms with van der Waals surface area (Å²) in [6, 6.07) is 7.75. The van der Waals surface area contributed by atoms with Crippen LogP contribution in [0, 0.1) is 0 Å². The molecule has 1 atom stereocenters. The van der Waals surface area contributed by atoms with Gasteiger partial charge in [0, 0.05) is 5.56 Å². The minimum Gasteiger partial charge on any atom is -0.374 e. The molecule has 0 aliphatic rings. The number of aryl methyl sites for hydroxylation is 1. The highest BCUT2D eigenvalue weighted by Crippen LogP contribution is 2.29. The molecule has 0 amide bonds. The minimum absolute atomic E-state index is 0.0985. The Kier molecular flexibility index (Phi) is 4.55. The van der Waals surface area contributed by atoms with Gasteiger partial charge in [-0.15, -0.1) is 10.2 Å². The number of hydrogen-bond acceptors (Lipinski definition) is 6. The molecule has 6 heteroatoms. The number of anilines is 1. The van der Waals surface area contributed by atoms with Gasteiger partial charge in [0.2, 0.25) is 5.13 Å². The maximum absolute atomic E-state index is 12.3. The highest BCUT2D eigenvalue weighted by atomic mass is 32.2. The molecule has 1 aromatic carbocycles. The van der Waals surface area contributed by atoms with Crippen molar-refractivity contribution in [1.29, 1.82) is 0 Å². The predicted molar refractivity (Wildman–Crippen MR) is 79.8 cm³/mol. The molecule has 0 spiro atoms. The highest BCUT2D eigenvalue weighted by molar-refractivity contribution is 8.02. The van der Waals surface area contributed by atoms with Gasteiger partial charge in [0.05, 0.1) is 5.25 Å². The highest BCUT2D eigenvalue weighted by Gasteiger charge is 2.18. The van der Waals surface area contributed by atoms with Crippen molar-refractivity contribution in [3.05, 3.63) is 35.4 Å². The summed E-state index contributed by atoms with van der Waals surface area (Å²) < 4.78 is 0.725. The predicted octanol–water partition coefficient (Wildman–Crippen LogP) is 3.05. The zero-order chi connectivity index (χ0) is 13.8. The topological polar surface area (TPSA) is 68.9 Å². The average molecular weight is 293 g/mol. The van der Waals surface area contributed by atoms with Crippen molar-refractivity contribution in [2.45, 2.75) is 29.9 Å². The van der Waals surface area contributed by atoms with Crippen LogP contribution in [0.2, 0.25) is 0 Å². The van der Waals surface area contributed by atoms with Crippen molar-refractivity contribution >= 4 is 34.0 Å². The van der Waals surface area contributed by atoms with Gasteiger partial charge in [-0.1, -0.05) is 54.3 Å². The van der Waals surface area contributed by atoms with Gasteiger partial charge in [-0.25, -0.2) is 0 Å². The van der Waals surface area contributed by atoms with Gasteiger partial charge in [0.1, 0.15) is 0 Å². The van der Waals surface area contributed by atoms with Crippen LogP contribution in [0.15, 0.2) is 28.6 Å². The van der Waals surface area contributed by atoms with E-state index >= 15 is 0 Å². The van der Waals surface area contributed by atoms with Crippen LogP contribution >= 0.6 is 23.1 Å². The van der Waals surface area contributed by atoms with Gasteiger partial charge < -0.3 is 5.73 Å². The Morgan fingerprint density at radius 2 is 2.05 bits per heavy atom. The number of rotatable bonds is 5. The van der Waals surface area contributed by atoms with E-state index in [1.165, 1.54) is 28.7 Å². The standard InChI is InChI=1S/C13H15N3OS2/c1-3-9-4-6-10(7-5-9)11(17)8(2)18-13-16-15-12(14)19-13/h4-8H,3H2,1-2H3,(H2,14,15)/t8-/m1/s1. The van der Waals surface area contributed by atoms with Gasteiger partial charge in [0.25, 0.3) is 0 Å². The molecular weight excluding hydrogens is 278 g/mol. The summed E-state index contributed by atoms with van der Waals surface area (Å²) in [5.41, 5.74) is 7.48. The number of nitrogen functional groups attached to an aromatic ring is 1. The zero-order valence-electron chi connectivity index (χ0n) is 10.8. The third kappa shape index (κ3) is 3.54. The zero-order valence-corrected chi connectivity index (χ0v) is 12.4. The average Bonchev–Trinajstić information content (AvgIpc) is 2.83. The van der Waals surface area contributed by atoms with Crippen molar-refractivity contribution in [2.75, 3.05) is 5.73 Å². The Bertz CT molecular complexity index is 566. The molecule has 0 aliphatic heterocycles. The van der Waals surface area contributed by atoms with Crippen molar-refractivity contribution in [3.63, 3.8) is 0 Å². The molecule has 1 heterocycles. The fraction of sp³-hybridized carbons (Fsp3) is 0.308. The van der Waals surface area contributed by atoms with E-state index in [9.17, 15) is 4.79 Å². The van der Waals surface area contributed by atoms with Crippen LogP contribution in [-0.2, 0) is 6.42 Å². The second-order valence-electron chi connectivity index (χ2n) is 4.08. The lowest BCUT2D eigenvalue weighted by molar-refractivity contribution is 0.0994. The maximum atomic E-state index is 12.3. The maximum Gasteiger partial charge on any atom is 0.203 e. The van der Waals surface area contributed by atoms with E-state index in [1.54, 1.807) is 0 Å². The summed E-state index contributed by atoms with van der Waals surface area (Å²) >= 11 is 2.69. The summed E-state index contributed by atoms with van der Waals surface area (Å²) in [5.74, 6) is 0.0985. The first kappa shape index (κ1) is 14.0. The van der Waals surface area contributed by atoms with Crippen LogP contribution in [0.25, 0.3) is 0 Å². The van der Waals surface area contributed by atoms with E-state index in [4.69, 9.17) is 5.73 Å². The summed E-state index contributed by atoms with van der Waals surface area (Å²) in [6.45, 7) is 3.97. The number of carbonyl (C=O) groups is 1. The van der Waals surface area contributed by atoms with Crippen LogP contribution < -0.4 is 5.73 Å². The molecule has 0 fully saturated rings. The Morgan fingerprint density at radius 3 is 2.58 bits per heavy atom. The van der Waals surface area contributed by atoms with Gasteiger partial charge >= 0.3 is 0 Å². The molecule has 2 N–H and O–H groups in total. The Labute approximate surface area is 120 Å². The monoisotopic (exact) mass is 293 g/mol. The summed E-state index contributed by atoms with van der Waals surface area (Å²) in [7, 11) is 0. The SMILES string of the molecule is CCc1ccc(C(=O)[C@@H](C)Sc2nnc(N)s2)cc1. The molecule has 2 aromatic rings. The van der Waals surface area contributed by atoms with Crippen molar-refractivity contribution in [3.8, 4) is 0 Å². The Balaban J connectivity index is 2.05. The third-order valence-corrected chi connectivity index (χ3v) is 4.65. The molecule has 0 saturated heterocycles. The molecule has 0 bridgehead atoms. The first-order chi connectivity index (χ1) is 9.10. The Morgan fingerprint density at radius 1 is 1.37 bits per heavy atom. The van der Waals surface area contributed by atoms with Crippen molar-refractivity contribution in [1.82, 2.24) is 10.2 Å². The third-order valence-electron chi connectivity index (χ3n) is 2.72. The molecule has 1 aromatic heterocycles. The smallest absolute Gasteiger partial charge is 0.203 e. The van der Waals surface area contributed by atoms with E-state index < -0.39 is 0 Å². The summed E-state index contributed by atoms with van der Waals surface area (Å²) in [4.78, 5) is 12.3. The van der Waals surface area contributed by atoms with Crippen molar-refractivity contribution < 1.29 is 4.79 Å². The lowest BCUT2D eigenvalue weighted by atomic mass is 10.1. The normalized spacial score (nSPS) is 12.3. The van der Waals surface area contributed by atoms with E-state index in [2.05, 4.69) is 17.1 Å². The van der Waals surface area contributed by atoms with Crippen LogP contribution in [0.1, 0.15) is 29.8 Å². The van der Waals surface area contributed by atoms with E-state index in [1.807, 2.05) is 31.2 Å². The lowest BCUT2D eigenvalue weighted by Crippen LogP contribution is -2.13. The molecule has 100 valence electrons. The first-order valence-corrected chi connectivity index (χ1v) is 7.68. The largest absolute Gasteiger partial charge is 0.374 e. The fourth-order valence-corrected chi connectivity index (χ4v) is 3.47. The number of hydrogen-bond donors (Lipinski definition) is 1. The molecular formula is C13H15N3OS2. The molecule has 2 rings (SSSR count). The Hall–Kier alpha value is -1.40. The van der Waals surface area contributed by atoms with E-state index in [0.717, 1.165) is 16.3 Å². The lowest BCUT2D eigenvalue weighted by Gasteiger charge is -2.08. The molecule has 0 radical (unpaired) electrons. The molecule has 0 saturated carbocycles. The molecule has 0 unspecified atom stereocenters. The second-order valence-corrected chi connectivity index (χ2v) is 6.68. The molecule has 19 heavy (non-hydrogen) atoms. The van der Waals surface area contributed by atoms with Gasteiger partial charge in [-0.05, 0) is 18.9 Å². The number of Topliss-reactive ketones (excluding diaryl/α,β-unsaturated/α-hetero) is 1. The summed E-state index contributed by atoms with van der Waals surface area (Å²) in [6.07, 6.45) is 0.975. The summed E-state index contributed by atoms with van der Waals surface area (Å²) in [5, 5.41) is 7.88. The van der Waals surface area contributed by atoms with Crippen LogP contribution in [0.3, 0.4) is 0 Å².